The first-order valence-corrected chi connectivity index (χ1v) is 8.07. The maximum absolute atomic E-state index is 14.6. The van der Waals surface area contributed by atoms with E-state index in [0.717, 1.165) is 19.2 Å². The van der Waals surface area contributed by atoms with Crippen LogP contribution in [-0.4, -0.2) is 47.6 Å². The third-order valence-corrected chi connectivity index (χ3v) is 4.73. The van der Waals surface area contributed by atoms with E-state index < -0.39 is 28.8 Å². The van der Waals surface area contributed by atoms with Gasteiger partial charge >= 0.3 is 5.97 Å². The molecule has 1 unspecified atom stereocenters. The number of piperazine rings is 1. The molecule has 0 bridgehead atoms. The molecule has 0 radical (unpaired) electrons. The summed E-state index contributed by atoms with van der Waals surface area (Å²) in [5.41, 5.74) is -0.446. The van der Waals surface area contributed by atoms with Crippen LogP contribution < -0.4 is 15.6 Å². The number of rotatable bonds is 3. The van der Waals surface area contributed by atoms with Gasteiger partial charge in [0.25, 0.3) is 0 Å². The van der Waals surface area contributed by atoms with Gasteiger partial charge in [0.05, 0.1) is 17.2 Å². The Morgan fingerprint density at radius 2 is 1.92 bits per heavy atom. The number of ketones is 1. The van der Waals surface area contributed by atoms with Gasteiger partial charge < -0.3 is 19.9 Å². The number of anilines is 1. The van der Waals surface area contributed by atoms with Gasteiger partial charge in [-0.05, 0) is 12.1 Å². The van der Waals surface area contributed by atoms with Crippen LogP contribution in [0.3, 0.4) is 0 Å². The topological polar surface area (TPSA) is 91.6 Å². The van der Waals surface area contributed by atoms with Crippen molar-refractivity contribution in [3.63, 3.8) is 0 Å². The molecule has 25 heavy (non-hydrogen) atoms. The lowest BCUT2D eigenvalue weighted by atomic mass is 10.1. The third kappa shape index (κ3) is 2.58. The predicted molar refractivity (Wildman–Crippen MR) is 88.9 cm³/mol. The van der Waals surface area contributed by atoms with Crippen molar-refractivity contribution in [2.45, 2.75) is 12.5 Å². The lowest BCUT2D eigenvalue weighted by Crippen LogP contribution is -2.43. The molecule has 1 atom stereocenters. The summed E-state index contributed by atoms with van der Waals surface area (Å²) in [4.78, 5) is 37.2. The van der Waals surface area contributed by atoms with Gasteiger partial charge in [-0.2, -0.15) is 0 Å². The summed E-state index contributed by atoms with van der Waals surface area (Å²) >= 11 is 0. The summed E-state index contributed by atoms with van der Waals surface area (Å²) < 4.78 is 16.1. The fourth-order valence-corrected chi connectivity index (χ4v) is 3.30. The molecular formula is C17H16FN3O4. The Labute approximate surface area is 141 Å². The first-order valence-electron chi connectivity index (χ1n) is 8.07. The monoisotopic (exact) mass is 345 g/mol. The van der Waals surface area contributed by atoms with Crippen LogP contribution in [0.2, 0.25) is 0 Å². The first-order chi connectivity index (χ1) is 12.0. The zero-order valence-electron chi connectivity index (χ0n) is 13.3. The van der Waals surface area contributed by atoms with Crippen LogP contribution in [0.15, 0.2) is 23.1 Å². The standard InChI is InChI=1S/C17H16FN3O4/c18-11-5-9-12(6-13(11)20-3-1-19-2-4-20)21(14-7-15(14)22)8-10(16(9)23)17(24)25/h5-6,8,14,19H,1-4,7H2,(H,24,25). The highest BCUT2D eigenvalue weighted by molar-refractivity contribution is 6.01. The van der Waals surface area contributed by atoms with E-state index in [1.807, 2.05) is 4.90 Å². The second-order valence-corrected chi connectivity index (χ2v) is 6.33. The number of benzene rings is 1. The number of hydrogen-bond donors (Lipinski definition) is 2. The van der Waals surface area contributed by atoms with E-state index >= 15 is 0 Å². The largest absolute Gasteiger partial charge is 0.477 e. The minimum absolute atomic E-state index is 0.0176. The summed E-state index contributed by atoms with van der Waals surface area (Å²) in [5, 5.41) is 12.4. The van der Waals surface area contributed by atoms with Crippen molar-refractivity contribution in [2.75, 3.05) is 31.1 Å². The smallest absolute Gasteiger partial charge is 0.341 e. The van der Waals surface area contributed by atoms with Crippen molar-refractivity contribution in [1.82, 2.24) is 9.88 Å². The van der Waals surface area contributed by atoms with Crippen molar-refractivity contribution in [1.29, 1.82) is 0 Å². The Hall–Kier alpha value is -2.74. The number of carbonyl (C=O) groups is 2. The number of fused-ring (bicyclic) bond motifs is 1. The SMILES string of the molecule is O=C(O)c1cn(C2CC2=O)c2cc(N3CCNCC3)c(F)cc2c1=O. The summed E-state index contributed by atoms with van der Waals surface area (Å²) in [6, 6.07) is 2.15. The van der Waals surface area contributed by atoms with Gasteiger partial charge in [-0.15, -0.1) is 0 Å². The molecule has 1 saturated heterocycles. The van der Waals surface area contributed by atoms with Crippen molar-refractivity contribution in [3.8, 4) is 0 Å². The molecule has 2 fully saturated rings. The van der Waals surface area contributed by atoms with Gasteiger partial charge in [0, 0.05) is 44.2 Å². The van der Waals surface area contributed by atoms with E-state index in [1.54, 1.807) is 6.07 Å². The highest BCUT2D eigenvalue weighted by Crippen LogP contribution is 2.34. The molecular weight excluding hydrogens is 329 g/mol. The Balaban J connectivity index is 1.96. The van der Waals surface area contributed by atoms with Crippen molar-refractivity contribution in [3.05, 3.63) is 39.9 Å². The number of carboxylic acids is 1. The lowest BCUT2D eigenvalue weighted by molar-refractivity contribution is -0.110. The average Bonchev–Trinajstić information content (AvgIpc) is 3.32. The van der Waals surface area contributed by atoms with E-state index in [0.29, 0.717) is 24.3 Å². The molecule has 2 aromatic rings. The van der Waals surface area contributed by atoms with Gasteiger partial charge in [-0.1, -0.05) is 0 Å². The number of halogens is 1. The molecule has 2 heterocycles. The number of carboxylic acid groups (broad SMARTS) is 1. The molecule has 1 aromatic heterocycles. The van der Waals surface area contributed by atoms with Crippen LogP contribution in [0, 0.1) is 5.82 Å². The molecule has 130 valence electrons. The molecule has 8 heteroatoms. The maximum atomic E-state index is 14.6. The highest BCUT2D eigenvalue weighted by Gasteiger charge is 2.37. The Bertz CT molecular complexity index is 962. The van der Waals surface area contributed by atoms with Gasteiger partial charge in [0.1, 0.15) is 11.4 Å². The first kappa shape index (κ1) is 15.8. The number of nitrogens with zero attached hydrogens (tertiary/aromatic N) is 2. The van der Waals surface area contributed by atoms with Crippen LogP contribution >= 0.6 is 0 Å². The van der Waals surface area contributed by atoms with Crippen LogP contribution in [-0.2, 0) is 4.79 Å². The number of Topliss-reactive ketones (excluding diaryl/α,β-unsaturated/α-hetero) is 1. The predicted octanol–water partition coefficient (Wildman–Crippen LogP) is 0.762. The maximum Gasteiger partial charge on any atom is 0.341 e. The number of aromatic carboxylic acids is 1. The molecule has 4 rings (SSSR count). The van der Waals surface area contributed by atoms with Gasteiger partial charge in [-0.3, -0.25) is 9.59 Å². The molecule has 1 aliphatic carbocycles. The summed E-state index contributed by atoms with van der Waals surface area (Å²) in [5.74, 6) is -1.99. The molecule has 2 N–H and O–H groups in total. The van der Waals surface area contributed by atoms with E-state index in [4.69, 9.17) is 0 Å². The zero-order valence-corrected chi connectivity index (χ0v) is 13.3. The Morgan fingerprint density at radius 3 is 2.52 bits per heavy atom. The number of pyridine rings is 1. The Morgan fingerprint density at radius 1 is 1.24 bits per heavy atom. The van der Waals surface area contributed by atoms with E-state index in [1.165, 1.54) is 10.8 Å². The second-order valence-electron chi connectivity index (χ2n) is 6.33. The molecule has 0 amide bonds. The van der Waals surface area contributed by atoms with Gasteiger partial charge in [0.15, 0.2) is 5.78 Å². The van der Waals surface area contributed by atoms with E-state index in [9.17, 15) is 23.9 Å². The van der Waals surface area contributed by atoms with Crippen LogP contribution in [0.1, 0.15) is 22.8 Å². The third-order valence-electron chi connectivity index (χ3n) is 4.73. The number of hydrogen-bond acceptors (Lipinski definition) is 5. The minimum Gasteiger partial charge on any atom is -0.477 e. The fraction of sp³-hybridized carbons (Fsp3) is 0.353. The normalized spacial score (nSPS) is 20.1. The lowest BCUT2D eigenvalue weighted by Gasteiger charge is -2.30. The van der Waals surface area contributed by atoms with Gasteiger partial charge in [0.2, 0.25) is 5.43 Å². The Kier molecular flexibility index (Phi) is 3.57. The molecule has 0 spiro atoms. The summed E-state index contributed by atoms with van der Waals surface area (Å²) in [6.07, 6.45) is 1.49. The molecule has 7 nitrogen and oxygen atoms in total. The fourth-order valence-electron chi connectivity index (χ4n) is 3.30. The summed E-state index contributed by atoms with van der Waals surface area (Å²) in [7, 11) is 0. The van der Waals surface area contributed by atoms with Gasteiger partial charge in [-0.25, -0.2) is 9.18 Å². The van der Waals surface area contributed by atoms with Crippen molar-refractivity contribution >= 4 is 28.3 Å². The summed E-state index contributed by atoms with van der Waals surface area (Å²) in [6.45, 7) is 2.71. The molecule has 1 saturated carbocycles. The molecule has 2 aliphatic rings. The number of nitrogens with one attached hydrogen (secondary N) is 1. The second kappa shape index (κ2) is 5.66. The van der Waals surface area contributed by atoms with Crippen LogP contribution in [0.4, 0.5) is 10.1 Å². The van der Waals surface area contributed by atoms with Crippen molar-refractivity contribution < 1.29 is 19.1 Å². The quantitative estimate of drug-likeness (QED) is 0.854. The number of carbonyl (C=O) groups excluding carboxylic acids is 1. The van der Waals surface area contributed by atoms with Crippen LogP contribution in [0.5, 0.6) is 0 Å². The molecule has 1 aliphatic heterocycles. The van der Waals surface area contributed by atoms with Crippen molar-refractivity contribution in [2.24, 2.45) is 0 Å². The van der Waals surface area contributed by atoms with E-state index in [-0.39, 0.29) is 17.6 Å². The molecule has 1 aromatic carbocycles. The average molecular weight is 345 g/mol. The number of aromatic nitrogens is 1. The highest BCUT2D eigenvalue weighted by atomic mass is 19.1. The minimum atomic E-state index is -1.39. The zero-order chi connectivity index (χ0) is 17.7. The van der Waals surface area contributed by atoms with Crippen LogP contribution in [0.25, 0.3) is 10.9 Å². The van der Waals surface area contributed by atoms with E-state index in [2.05, 4.69) is 5.32 Å².